The van der Waals surface area contributed by atoms with Crippen LogP contribution >= 0.6 is 8.07 Å². The molecule has 0 heterocycles. The SMILES string of the molecule is COc1cccc2cccc([P@](c3ccccc3)N(C)[C@H](C)[C@@H](O)c3ccccc3)c12.[B]. The van der Waals surface area contributed by atoms with Gasteiger partial charge < -0.3 is 9.84 Å². The molecule has 3 atom stereocenters. The van der Waals surface area contributed by atoms with Crippen molar-refractivity contribution in [3.63, 3.8) is 0 Å². The first-order valence-electron chi connectivity index (χ1n) is 10.5. The van der Waals surface area contributed by atoms with Crippen molar-refractivity contribution in [2.24, 2.45) is 0 Å². The van der Waals surface area contributed by atoms with E-state index in [2.05, 4.69) is 67.2 Å². The van der Waals surface area contributed by atoms with Gasteiger partial charge >= 0.3 is 0 Å². The number of ether oxygens (including phenoxy) is 1. The van der Waals surface area contributed by atoms with E-state index in [1.54, 1.807) is 7.11 Å². The van der Waals surface area contributed by atoms with Crippen molar-refractivity contribution in [2.75, 3.05) is 14.2 Å². The second kappa shape index (κ2) is 10.8. The molecule has 0 fully saturated rings. The molecule has 0 aliphatic rings. The minimum atomic E-state index is -0.903. The predicted molar refractivity (Wildman–Crippen MR) is 138 cm³/mol. The Bertz CT molecular complexity index is 1130. The van der Waals surface area contributed by atoms with Crippen LogP contribution in [0.3, 0.4) is 0 Å². The van der Waals surface area contributed by atoms with Crippen LogP contribution < -0.4 is 15.3 Å². The fourth-order valence-corrected chi connectivity index (χ4v) is 6.62. The van der Waals surface area contributed by atoms with E-state index < -0.39 is 14.2 Å². The van der Waals surface area contributed by atoms with Crippen LogP contribution in [0.25, 0.3) is 10.8 Å². The average Bonchev–Trinajstić information content (AvgIpc) is 2.84. The zero-order valence-electron chi connectivity index (χ0n) is 18.7. The Balaban J connectivity index is 0.00000289. The summed E-state index contributed by atoms with van der Waals surface area (Å²) in [5.41, 5.74) is 0.931. The van der Waals surface area contributed by atoms with Gasteiger partial charge in [0.05, 0.1) is 13.2 Å². The first kappa shape index (κ1) is 24.0. The Labute approximate surface area is 194 Å². The highest BCUT2D eigenvalue weighted by Gasteiger charge is 2.30. The van der Waals surface area contributed by atoms with E-state index in [9.17, 15) is 5.11 Å². The summed E-state index contributed by atoms with van der Waals surface area (Å²) in [4.78, 5) is 0. The molecule has 4 rings (SSSR count). The number of benzene rings is 4. The molecular formula is C27H28BNO2P. The zero-order chi connectivity index (χ0) is 21.8. The molecule has 5 heteroatoms. The van der Waals surface area contributed by atoms with E-state index in [4.69, 9.17) is 4.74 Å². The molecule has 3 radical (unpaired) electrons. The summed E-state index contributed by atoms with van der Waals surface area (Å²) >= 11 is 0. The van der Waals surface area contributed by atoms with Crippen LogP contribution in [0.5, 0.6) is 5.75 Å². The quantitative estimate of drug-likeness (QED) is 0.329. The van der Waals surface area contributed by atoms with Gasteiger partial charge in [0.2, 0.25) is 0 Å². The molecule has 4 aromatic rings. The largest absolute Gasteiger partial charge is 0.496 e. The van der Waals surface area contributed by atoms with Crippen molar-refractivity contribution in [1.82, 2.24) is 4.67 Å². The number of methoxy groups -OCH3 is 1. The third-order valence-electron chi connectivity index (χ3n) is 5.80. The highest BCUT2D eigenvalue weighted by molar-refractivity contribution is 7.71. The molecule has 161 valence electrons. The van der Waals surface area contributed by atoms with Gasteiger partial charge in [0.15, 0.2) is 0 Å². The van der Waals surface area contributed by atoms with Gasteiger partial charge in [-0.3, -0.25) is 4.67 Å². The topological polar surface area (TPSA) is 32.7 Å². The van der Waals surface area contributed by atoms with E-state index >= 15 is 0 Å². The summed E-state index contributed by atoms with van der Waals surface area (Å²) in [6.07, 6.45) is -0.586. The van der Waals surface area contributed by atoms with Gasteiger partial charge in [0, 0.05) is 33.2 Å². The van der Waals surface area contributed by atoms with Crippen molar-refractivity contribution in [3.8, 4) is 5.75 Å². The molecule has 0 saturated heterocycles. The normalized spacial score (nSPS) is 13.9. The van der Waals surface area contributed by atoms with Crippen LogP contribution in [0.1, 0.15) is 18.6 Å². The number of aliphatic hydroxyl groups excluding tert-OH is 1. The summed E-state index contributed by atoms with van der Waals surface area (Å²) in [7, 11) is 2.94. The van der Waals surface area contributed by atoms with Crippen molar-refractivity contribution >= 4 is 37.9 Å². The summed E-state index contributed by atoms with van der Waals surface area (Å²) in [6, 6.07) is 33.0. The maximum atomic E-state index is 11.2. The maximum Gasteiger partial charge on any atom is 0.127 e. The van der Waals surface area contributed by atoms with Crippen LogP contribution in [-0.2, 0) is 0 Å². The number of likely N-dealkylation sites (N-methyl/N-ethyl adjacent to an activating group) is 1. The molecule has 0 saturated carbocycles. The number of hydrogen-bond acceptors (Lipinski definition) is 3. The lowest BCUT2D eigenvalue weighted by Crippen LogP contribution is -2.36. The van der Waals surface area contributed by atoms with Gasteiger partial charge in [-0.05, 0) is 36.3 Å². The number of fused-ring (bicyclic) bond motifs is 1. The van der Waals surface area contributed by atoms with Crippen LogP contribution in [0.15, 0.2) is 97.1 Å². The molecule has 0 amide bonds. The Kier molecular flexibility index (Phi) is 8.09. The number of aliphatic hydroxyl groups is 1. The van der Waals surface area contributed by atoms with Gasteiger partial charge in [-0.2, -0.15) is 0 Å². The Morgan fingerprint density at radius 3 is 2.03 bits per heavy atom. The van der Waals surface area contributed by atoms with Crippen LogP contribution in [0, 0.1) is 0 Å². The minimum absolute atomic E-state index is 0. The smallest absolute Gasteiger partial charge is 0.127 e. The molecule has 0 aliphatic heterocycles. The number of rotatable bonds is 7. The van der Waals surface area contributed by atoms with Gasteiger partial charge in [0.25, 0.3) is 0 Å². The lowest BCUT2D eigenvalue weighted by atomic mass is 10.0. The van der Waals surface area contributed by atoms with Crippen LogP contribution in [0.2, 0.25) is 0 Å². The molecule has 4 aromatic carbocycles. The van der Waals surface area contributed by atoms with Gasteiger partial charge in [-0.15, -0.1) is 0 Å². The number of nitrogens with zero attached hydrogens (tertiary/aromatic N) is 1. The van der Waals surface area contributed by atoms with Crippen molar-refractivity contribution < 1.29 is 9.84 Å². The van der Waals surface area contributed by atoms with Crippen LogP contribution in [0.4, 0.5) is 0 Å². The number of hydrogen-bond donors (Lipinski definition) is 1. The zero-order valence-corrected chi connectivity index (χ0v) is 19.6. The van der Waals surface area contributed by atoms with Crippen LogP contribution in [-0.4, -0.2) is 38.4 Å². The van der Waals surface area contributed by atoms with E-state index in [1.807, 2.05) is 48.5 Å². The molecule has 0 bridgehead atoms. The van der Waals surface area contributed by atoms with Crippen molar-refractivity contribution in [2.45, 2.75) is 19.1 Å². The van der Waals surface area contributed by atoms with E-state index in [1.165, 1.54) is 10.6 Å². The van der Waals surface area contributed by atoms with Gasteiger partial charge in [0.1, 0.15) is 5.75 Å². The summed E-state index contributed by atoms with van der Waals surface area (Å²) in [6.45, 7) is 2.10. The second-order valence-electron chi connectivity index (χ2n) is 7.65. The van der Waals surface area contributed by atoms with Crippen molar-refractivity contribution in [1.29, 1.82) is 0 Å². The molecule has 3 nitrogen and oxygen atoms in total. The monoisotopic (exact) mass is 440 g/mol. The third kappa shape index (κ3) is 4.73. The molecule has 0 unspecified atom stereocenters. The van der Waals surface area contributed by atoms with Crippen molar-refractivity contribution in [3.05, 3.63) is 103 Å². The second-order valence-corrected chi connectivity index (χ2v) is 9.91. The molecule has 1 N–H and O–H groups in total. The molecular weight excluding hydrogens is 412 g/mol. The Morgan fingerprint density at radius 2 is 1.41 bits per heavy atom. The van der Waals surface area contributed by atoms with E-state index in [0.717, 1.165) is 22.1 Å². The highest BCUT2D eigenvalue weighted by Crippen LogP contribution is 2.44. The Hall–Kier alpha value is -2.65. The van der Waals surface area contributed by atoms with Gasteiger partial charge in [-0.1, -0.05) is 91.0 Å². The fourth-order valence-electron chi connectivity index (χ4n) is 4.01. The molecule has 0 aliphatic carbocycles. The lowest BCUT2D eigenvalue weighted by molar-refractivity contribution is 0.111. The minimum Gasteiger partial charge on any atom is -0.496 e. The molecule has 0 aromatic heterocycles. The fraction of sp³-hybridized carbons (Fsp3) is 0.185. The third-order valence-corrected chi connectivity index (χ3v) is 8.41. The predicted octanol–water partition coefficient (Wildman–Crippen LogP) is 4.87. The summed E-state index contributed by atoms with van der Waals surface area (Å²) in [5.74, 6) is 0.876. The maximum absolute atomic E-state index is 11.2. The average molecular weight is 440 g/mol. The first-order valence-corrected chi connectivity index (χ1v) is 11.8. The lowest BCUT2D eigenvalue weighted by Gasteiger charge is -2.37. The van der Waals surface area contributed by atoms with E-state index in [-0.39, 0.29) is 14.5 Å². The molecule has 0 spiro atoms. The summed E-state index contributed by atoms with van der Waals surface area (Å²) in [5, 5.41) is 15.9. The summed E-state index contributed by atoms with van der Waals surface area (Å²) < 4.78 is 8.08. The molecule has 32 heavy (non-hydrogen) atoms. The van der Waals surface area contributed by atoms with Gasteiger partial charge in [-0.25, -0.2) is 0 Å². The first-order chi connectivity index (χ1) is 15.1. The highest BCUT2D eigenvalue weighted by atomic mass is 31.1. The standard InChI is InChI=1S/C27H28NO2P.B/c1-20(27(29)22-12-6-4-7-13-22)28(2)31(23-16-8-5-9-17-23)25-19-11-15-21-14-10-18-24(30-3)26(21)25;/h4-20,27,29H,1-3H3;/t20-,27-,31+;/m1./s1. The van der Waals surface area contributed by atoms with E-state index in [0.29, 0.717) is 0 Å². The Morgan fingerprint density at radius 1 is 0.812 bits per heavy atom.